The Morgan fingerprint density at radius 1 is 1.28 bits per heavy atom. The topological polar surface area (TPSA) is 43.7 Å². The Hall–Kier alpha value is -0.900. The maximum absolute atomic E-state index is 9.99. The second-order valence-corrected chi connectivity index (χ2v) is 5.59. The molecule has 0 amide bonds. The second-order valence-electron chi connectivity index (χ2n) is 5.59. The molecule has 0 unspecified atom stereocenters. The number of rotatable bonds is 5. The molecular weight excluding hydrogens is 226 g/mol. The normalized spacial score (nSPS) is 26.1. The molecule has 3 nitrogen and oxygen atoms in total. The summed E-state index contributed by atoms with van der Waals surface area (Å²) < 4.78 is 0. The summed E-state index contributed by atoms with van der Waals surface area (Å²) in [7, 11) is 0. The molecule has 1 fully saturated rings. The van der Waals surface area contributed by atoms with Crippen molar-refractivity contribution in [2.45, 2.75) is 38.5 Å². The molecule has 0 aliphatic carbocycles. The maximum atomic E-state index is 9.99. The highest BCUT2D eigenvalue weighted by molar-refractivity contribution is 5.23. The van der Waals surface area contributed by atoms with Crippen LogP contribution in [0.4, 0.5) is 0 Å². The average Bonchev–Trinajstić information content (AvgIpc) is 2.34. The van der Waals surface area contributed by atoms with Gasteiger partial charge in [-0.25, -0.2) is 0 Å². The molecule has 2 N–H and O–H groups in total. The van der Waals surface area contributed by atoms with Gasteiger partial charge in [0.25, 0.3) is 0 Å². The summed E-state index contributed by atoms with van der Waals surface area (Å²) in [6.45, 7) is 5.15. The van der Waals surface area contributed by atoms with Gasteiger partial charge in [0.2, 0.25) is 0 Å². The lowest BCUT2D eigenvalue weighted by Gasteiger charge is -2.50. The predicted molar refractivity (Wildman–Crippen MR) is 72.2 cm³/mol. The van der Waals surface area contributed by atoms with E-state index in [0.717, 1.165) is 12.0 Å². The van der Waals surface area contributed by atoms with Gasteiger partial charge < -0.3 is 10.2 Å². The lowest BCUT2D eigenvalue weighted by atomic mass is 9.88. The predicted octanol–water partition coefficient (Wildman–Crippen LogP) is 1.81. The van der Waals surface area contributed by atoms with E-state index in [1.165, 1.54) is 0 Å². The van der Waals surface area contributed by atoms with Crippen LogP contribution in [0.3, 0.4) is 0 Å². The van der Waals surface area contributed by atoms with E-state index in [1.807, 2.05) is 30.3 Å². The first kappa shape index (κ1) is 13.5. The number of hydrogen-bond acceptors (Lipinski definition) is 3. The van der Waals surface area contributed by atoms with E-state index in [9.17, 15) is 10.2 Å². The van der Waals surface area contributed by atoms with E-state index in [0.29, 0.717) is 12.5 Å². The number of benzene rings is 1. The summed E-state index contributed by atoms with van der Waals surface area (Å²) >= 11 is 0. The minimum atomic E-state index is -0.311. The maximum Gasteiger partial charge on any atom is 0.0864 e. The molecule has 0 saturated carbocycles. The summed E-state index contributed by atoms with van der Waals surface area (Å²) in [5.74, 6) is 0.552. The molecule has 1 aromatic carbocycles. The minimum Gasteiger partial charge on any atom is -0.395 e. The third kappa shape index (κ3) is 2.74. The van der Waals surface area contributed by atoms with Crippen LogP contribution in [-0.4, -0.2) is 40.4 Å². The zero-order chi connectivity index (χ0) is 13.1. The number of β-amino-alcohol motifs (C(OH)–C–C–N with tert-alkyl or cyclic N) is 1. The standard InChI is InChI=1S/C15H23NO2/c1-11(2)8-13(10-17)16-9-14(18)15(16)12-6-4-3-5-7-12/h3-7,11,13-15,17-18H,8-10H2,1-2H3/t13-,14+,15+/m0/s1. The van der Waals surface area contributed by atoms with Gasteiger partial charge in [-0.3, -0.25) is 4.90 Å². The lowest BCUT2D eigenvalue weighted by Crippen LogP contribution is -2.58. The van der Waals surface area contributed by atoms with E-state index in [4.69, 9.17) is 0 Å². The number of hydrogen-bond donors (Lipinski definition) is 2. The van der Waals surface area contributed by atoms with Gasteiger partial charge >= 0.3 is 0 Å². The van der Waals surface area contributed by atoms with Crippen molar-refractivity contribution in [3.63, 3.8) is 0 Å². The molecule has 1 aliphatic heterocycles. The fourth-order valence-electron chi connectivity index (χ4n) is 2.81. The lowest BCUT2D eigenvalue weighted by molar-refractivity contribution is -0.101. The van der Waals surface area contributed by atoms with Crippen LogP contribution in [0.15, 0.2) is 30.3 Å². The molecule has 3 heteroatoms. The number of likely N-dealkylation sites (tertiary alicyclic amines) is 1. The monoisotopic (exact) mass is 249 g/mol. The van der Waals surface area contributed by atoms with E-state index in [-0.39, 0.29) is 24.8 Å². The second kappa shape index (κ2) is 5.83. The molecule has 1 heterocycles. The van der Waals surface area contributed by atoms with Crippen LogP contribution < -0.4 is 0 Å². The summed E-state index contributed by atoms with van der Waals surface area (Å²) in [4.78, 5) is 2.22. The van der Waals surface area contributed by atoms with Crippen LogP contribution >= 0.6 is 0 Å². The first-order valence-electron chi connectivity index (χ1n) is 6.73. The molecule has 0 radical (unpaired) electrons. The van der Waals surface area contributed by atoms with Crippen LogP contribution in [0.25, 0.3) is 0 Å². The van der Waals surface area contributed by atoms with Gasteiger partial charge in [0.1, 0.15) is 0 Å². The van der Waals surface area contributed by atoms with Gasteiger partial charge in [-0.05, 0) is 17.9 Å². The molecule has 0 aromatic heterocycles. The molecular formula is C15H23NO2. The molecule has 1 saturated heterocycles. The van der Waals surface area contributed by atoms with Crippen molar-refractivity contribution in [1.82, 2.24) is 4.90 Å². The first-order valence-corrected chi connectivity index (χ1v) is 6.73. The highest BCUT2D eigenvalue weighted by Crippen LogP contribution is 2.36. The van der Waals surface area contributed by atoms with Gasteiger partial charge in [0.15, 0.2) is 0 Å². The molecule has 2 rings (SSSR count). The van der Waals surface area contributed by atoms with Crippen LogP contribution in [0.1, 0.15) is 31.9 Å². The number of aliphatic hydroxyl groups is 2. The molecule has 18 heavy (non-hydrogen) atoms. The fraction of sp³-hybridized carbons (Fsp3) is 0.600. The zero-order valence-corrected chi connectivity index (χ0v) is 11.2. The van der Waals surface area contributed by atoms with E-state index in [2.05, 4.69) is 18.7 Å². The Balaban J connectivity index is 2.10. The molecule has 1 aromatic rings. The SMILES string of the molecule is CC(C)C[C@@H](CO)N1C[C@@H](O)[C@H]1c1ccccc1. The van der Waals surface area contributed by atoms with Crippen molar-refractivity contribution in [1.29, 1.82) is 0 Å². The number of aliphatic hydroxyl groups excluding tert-OH is 2. The van der Waals surface area contributed by atoms with Crippen molar-refractivity contribution >= 4 is 0 Å². The number of nitrogens with zero attached hydrogens (tertiary/aromatic N) is 1. The molecule has 0 bridgehead atoms. The van der Waals surface area contributed by atoms with Crippen molar-refractivity contribution in [2.75, 3.05) is 13.2 Å². The Kier molecular flexibility index (Phi) is 4.38. The Morgan fingerprint density at radius 2 is 1.94 bits per heavy atom. The summed E-state index contributed by atoms with van der Waals surface area (Å²) in [5.41, 5.74) is 1.14. The molecule has 0 spiro atoms. The summed E-state index contributed by atoms with van der Waals surface area (Å²) in [6, 6.07) is 10.3. The summed E-state index contributed by atoms with van der Waals surface area (Å²) in [5, 5.41) is 19.5. The Labute approximate surface area is 109 Å². The van der Waals surface area contributed by atoms with Crippen LogP contribution in [-0.2, 0) is 0 Å². The van der Waals surface area contributed by atoms with E-state index < -0.39 is 0 Å². The molecule has 1 aliphatic rings. The van der Waals surface area contributed by atoms with E-state index in [1.54, 1.807) is 0 Å². The van der Waals surface area contributed by atoms with Gasteiger partial charge in [-0.2, -0.15) is 0 Å². The molecule has 100 valence electrons. The Morgan fingerprint density at radius 3 is 2.44 bits per heavy atom. The van der Waals surface area contributed by atoms with Gasteiger partial charge in [-0.1, -0.05) is 44.2 Å². The van der Waals surface area contributed by atoms with Crippen LogP contribution in [0.2, 0.25) is 0 Å². The average molecular weight is 249 g/mol. The third-order valence-electron chi connectivity index (χ3n) is 3.68. The van der Waals surface area contributed by atoms with E-state index >= 15 is 0 Å². The largest absolute Gasteiger partial charge is 0.395 e. The van der Waals surface area contributed by atoms with Crippen LogP contribution in [0.5, 0.6) is 0 Å². The van der Waals surface area contributed by atoms with Crippen LogP contribution in [0, 0.1) is 5.92 Å². The quantitative estimate of drug-likeness (QED) is 0.836. The van der Waals surface area contributed by atoms with Crippen molar-refractivity contribution in [3.05, 3.63) is 35.9 Å². The highest BCUT2D eigenvalue weighted by atomic mass is 16.3. The highest BCUT2D eigenvalue weighted by Gasteiger charge is 2.42. The third-order valence-corrected chi connectivity index (χ3v) is 3.68. The van der Waals surface area contributed by atoms with Crippen molar-refractivity contribution in [3.8, 4) is 0 Å². The van der Waals surface area contributed by atoms with Crippen molar-refractivity contribution < 1.29 is 10.2 Å². The smallest absolute Gasteiger partial charge is 0.0864 e. The van der Waals surface area contributed by atoms with Gasteiger partial charge in [-0.15, -0.1) is 0 Å². The Bertz CT molecular complexity index is 366. The first-order chi connectivity index (χ1) is 8.63. The minimum absolute atomic E-state index is 0.0436. The zero-order valence-electron chi connectivity index (χ0n) is 11.2. The molecule has 3 atom stereocenters. The van der Waals surface area contributed by atoms with Crippen molar-refractivity contribution in [2.24, 2.45) is 5.92 Å². The summed E-state index contributed by atoms with van der Waals surface area (Å²) in [6.07, 6.45) is 0.653. The fourth-order valence-corrected chi connectivity index (χ4v) is 2.81. The van der Waals surface area contributed by atoms with Gasteiger partial charge in [0, 0.05) is 12.6 Å². The van der Waals surface area contributed by atoms with Gasteiger partial charge in [0.05, 0.1) is 18.8 Å².